The molecule has 0 bridgehead atoms. The maximum absolute atomic E-state index is 10.4. The molecule has 13 heavy (non-hydrogen) atoms. The average molecular weight is 263 g/mol. The molecular weight excluding hydrogens is 257 g/mol. The molecule has 0 aliphatic rings. The Balaban J connectivity index is 2.85. The summed E-state index contributed by atoms with van der Waals surface area (Å²) in [5.74, 6) is 0. The van der Waals surface area contributed by atoms with E-state index in [1.807, 2.05) is 6.07 Å². The molecule has 1 aromatic rings. The van der Waals surface area contributed by atoms with Crippen molar-refractivity contribution >= 4 is 36.7 Å². The van der Waals surface area contributed by atoms with Crippen molar-refractivity contribution in [1.29, 1.82) is 0 Å². The van der Waals surface area contributed by atoms with E-state index in [0.717, 1.165) is 4.46 Å². The molecule has 68 valence electrons. The number of nitrogens with zero attached hydrogens (tertiary/aromatic N) is 1. The molecule has 0 fully saturated rings. The van der Waals surface area contributed by atoms with Crippen LogP contribution >= 0.6 is 11.6 Å². The molecule has 0 amide bonds. The first-order valence-electron chi connectivity index (χ1n) is 3.40. The van der Waals surface area contributed by atoms with Crippen molar-refractivity contribution in [2.45, 2.75) is 0 Å². The molecule has 5 heteroatoms. The maximum atomic E-state index is 10.4. The molecule has 1 rings (SSSR count). The molecule has 0 radical (unpaired) electrons. The molecule has 0 N–H and O–H groups in total. The van der Waals surface area contributed by atoms with Gasteiger partial charge in [0.05, 0.1) is 0 Å². The Morgan fingerprint density at radius 3 is 2.92 bits per heavy atom. The minimum atomic E-state index is -0.399. The van der Waals surface area contributed by atoms with Gasteiger partial charge in [-0.1, -0.05) is 0 Å². The fourth-order valence-electron chi connectivity index (χ4n) is 0.775. The second-order valence-electron chi connectivity index (χ2n) is 2.13. The van der Waals surface area contributed by atoms with Gasteiger partial charge in [-0.25, -0.2) is 0 Å². The van der Waals surface area contributed by atoms with Crippen molar-refractivity contribution in [3.63, 3.8) is 0 Å². The van der Waals surface area contributed by atoms with Crippen LogP contribution in [0.3, 0.4) is 0 Å². The van der Waals surface area contributed by atoms with E-state index < -0.39 is 4.92 Å². The molecule has 1 aromatic carbocycles. The van der Waals surface area contributed by atoms with Crippen molar-refractivity contribution in [3.8, 4) is 0 Å². The summed E-state index contributed by atoms with van der Waals surface area (Å²) in [6.07, 6.45) is 0. The first kappa shape index (κ1) is 10.3. The van der Waals surface area contributed by atoms with Gasteiger partial charge in [-0.05, 0) is 0 Å². The first-order valence-corrected chi connectivity index (χ1v) is 5.68. The van der Waals surface area contributed by atoms with E-state index in [4.69, 9.17) is 11.6 Å². The van der Waals surface area contributed by atoms with E-state index in [2.05, 4.69) is 0 Å². The summed E-state index contributed by atoms with van der Waals surface area (Å²) in [6.45, 7) is 0. The Kier molecular flexibility index (Phi) is 3.96. The van der Waals surface area contributed by atoms with Crippen molar-refractivity contribution in [1.82, 2.24) is 0 Å². The molecule has 0 spiro atoms. The van der Waals surface area contributed by atoms with Crippen molar-refractivity contribution in [3.05, 3.63) is 44.9 Å². The Labute approximate surface area is 86.7 Å². The van der Waals surface area contributed by atoms with Gasteiger partial charge in [0.15, 0.2) is 0 Å². The van der Waals surface area contributed by atoms with Gasteiger partial charge < -0.3 is 0 Å². The zero-order valence-electron chi connectivity index (χ0n) is 6.51. The van der Waals surface area contributed by atoms with Crippen molar-refractivity contribution in [2.75, 3.05) is 0 Å². The predicted octanol–water partition coefficient (Wildman–Crippen LogP) is 1.63. The van der Waals surface area contributed by atoms with Crippen LogP contribution in [-0.4, -0.2) is 19.9 Å². The summed E-state index contributed by atoms with van der Waals surface area (Å²) in [6, 6.07) is 6.57. The van der Waals surface area contributed by atoms with Crippen LogP contribution in [0.4, 0.5) is 5.69 Å². The number of rotatable bonds is 3. The summed E-state index contributed by atoms with van der Waals surface area (Å²) in [7, 11) is 0. The molecule has 0 heterocycles. The van der Waals surface area contributed by atoms with Gasteiger partial charge in [0.25, 0.3) is 0 Å². The number of nitro benzene ring substituents is 1. The summed E-state index contributed by atoms with van der Waals surface area (Å²) in [5, 5.41) is 10.4. The number of nitro groups is 1. The van der Waals surface area contributed by atoms with Crippen LogP contribution in [0, 0.1) is 10.1 Å². The van der Waals surface area contributed by atoms with Crippen LogP contribution in [0.25, 0.3) is 0 Å². The normalized spacial score (nSPS) is 10.5. The zero-order valence-corrected chi connectivity index (χ0v) is 8.98. The number of hydrogen-bond acceptors (Lipinski definition) is 2. The standard InChI is InChI=1S/C8H6ClNO2Se/c9-4-5-13-8-3-1-2-7(6-8)10(11)12/h1-6H/b5-4+. The SMILES string of the molecule is O=[N+]([O-])c1cccc([Se]/C=C/Cl)c1. The van der Waals surface area contributed by atoms with Gasteiger partial charge in [-0.2, -0.15) is 0 Å². The number of non-ortho nitro benzene ring substituents is 1. The number of halogens is 1. The van der Waals surface area contributed by atoms with Crippen molar-refractivity contribution in [2.24, 2.45) is 0 Å². The number of hydrogen-bond donors (Lipinski definition) is 0. The fourth-order valence-corrected chi connectivity index (χ4v) is 2.21. The molecule has 0 aromatic heterocycles. The molecule has 0 saturated heterocycles. The van der Waals surface area contributed by atoms with Crippen LogP contribution in [0.1, 0.15) is 0 Å². The van der Waals surface area contributed by atoms with Crippen LogP contribution in [-0.2, 0) is 0 Å². The average Bonchev–Trinajstić information content (AvgIpc) is 2.15. The molecule has 3 nitrogen and oxygen atoms in total. The van der Waals surface area contributed by atoms with Gasteiger partial charge in [0.1, 0.15) is 0 Å². The van der Waals surface area contributed by atoms with E-state index in [-0.39, 0.29) is 20.6 Å². The quantitative estimate of drug-likeness (QED) is 0.472. The summed E-state index contributed by atoms with van der Waals surface area (Å²) >= 11 is 5.43. The summed E-state index contributed by atoms with van der Waals surface area (Å²) in [4.78, 5) is 11.8. The van der Waals surface area contributed by atoms with Gasteiger partial charge in [-0.15, -0.1) is 0 Å². The van der Waals surface area contributed by atoms with Gasteiger partial charge in [-0.3, -0.25) is 0 Å². The molecule has 0 atom stereocenters. The third-order valence-electron chi connectivity index (χ3n) is 1.28. The van der Waals surface area contributed by atoms with E-state index in [9.17, 15) is 10.1 Å². The first-order chi connectivity index (χ1) is 6.24. The Bertz CT molecular complexity index is 341. The van der Waals surface area contributed by atoms with Crippen LogP contribution in [0.2, 0.25) is 0 Å². The molecule has 0 aliphatic carbocycles. The third kappa shape index (κ3) is 3.19. The zero-order chi connectivity index (χ0) is 9.68. The van der Waals surface area contributed by atoms with E-state index in [1.165, 1.54) is 11.6 Å². The molecule has 0 saturated carbocycles. The second-order valence-corrected chi connectivity index (χ2v) is 4.44. The number of benzene rings is 1. The minimum absolute atomic E-state index is 0.0772. The molecular formula is C8H6ClNO2Se. The third-order valence-corrected chi connectivity index (χ3v) is 3.42. The Morgan fingerprint density at radius 1 is 1.54 bits per heavy atom. The van der Waals surface area contributed by atoms with Gasteiger partial charge in [0.2, 0.25) is 0 Å². The van der Waals surface area contributed by atoms with E-state index >= 15 is 0 Å². The molecule has 0 unspecified atom stereocenters. The molecule has 0 aliphatic heterocycles. The summed E-state index contributed by atoms with van der Waals surface area (Å²) < 4.78 is 0.943. The van der Waals surface area contributed by atoms with E-state index in [0.29, 0.717) is 0 Å². The van der Waals surface area contributed by atoms with Crippen LogP contribution in [0.5, 0.6) is 0 Å². The van der Waals surface area contributed by atoms with Crippen LogP contribution < -0.4 is 4.46 Å². The topological polar surface area (TPSA) is 43.1 Å². The van der Waals surface area contributed by atoms with Crippen LogP contribution in [0.15, 0.2) is 34.8 Å². The van der Waals surface area contributed by atoms with Gasteiger partial charge >= 0.3 is 86.5 Å². The Hall–Kier alpha value is -0.831. The summed E-state index contributed by atoms with van der Waals surface area (Å²) in [5.41, 5.74) is 1.56. The monoisotopic (exact) mass is 263 g/mol. The Morgan fingerprint density at radius 2 is 2.31 bits per heavy atom. The fraction of sp³-hybridized carbons (Fsp3) is 0. The predicted molar refractivity (Wildman–Crippen MR) is 53.5 cm³/mol. The second kappa shape index (κ2) is 5.02. The van der Waals surface area contributed by atoms with Crippen molar-refractivity contribution < 1.29 is 4.92 Å². The van der Waals surface area contributed by atoms with E-state index in [1.54, 1.807) is 17.1 Å². The van der Waals surface area contributed by atoms with Gasteiger partial charge in [0, 0.05) is 0 Å².